The van der Waals surface area contributed by atoms with Crippen LogP contribution < -0.4 is 10.6 Å². The summed E-state index contributed by atoms with van der Waals surface area (Å²) in [6, 6.07) is 5.23. The molecule has 2 bridgehead atoms. The van der Waals surface area contributed by atoms with E-state index in [0.717, 1.165) is 62.1 Å². The van der Waals surface area contributed by atoms with E-state index in [1.165, 1.54) is 12.8 Å². The van der Waals surface area contributed by atoms with E-state index < -0.39 is 29.6 Å². The molecule has 3 amide bonds. The number of carbonyl (C=O) groups excluding carboxylic acids is 3. The molecule has 5 aliphatic rings. The summed E-state index contributed by atoms with van der Waals surface area (Å²) in [6.07, 6.45) is 10.1. The topological polar surface area (TPSA) is 91.0 Å². The zero-order valence-corrected chi connectivity index (χ0v) is 25.0. The molecular weight excluding hydrogens is 516 g/mol. The number of hydrogen-bond donors (Lipinski definition) is 2. The fraction of sp³-hybridized carbons (Fsp3) is 0.667. The van der Waals surface area contributed by atoms with Crippen LogP contribution in [0, 0.1) is 37.5 Å². The Morgan fingerprint density at radius 2 is 1.71 bits per heavy atom. The minimum absolute atomic E-state index is 0.0759. The Bertz CT molecular complexity index is 1210. The van der Waals surface area contributed by atoms with E-state index in [4.69, 9.17) is 4.74 Å². The quantitative estimate of drug-likeness (QED) is 0.493. The average molecular weight is 563 g/mol. The van der Waals surface area contributed by atoms with Gasteiger partial charge in [-0.3, -0.25) is 14.4 Å². The van der Waals surface area contributed by atoms with Crippen LogP contribution in [0.5, 0.6) is 0 Å². The van der Waals surface area contributed by atoms with Crippen LogP contribution in [0.2, 0.25) is 0 Å². The van der Waals surface area contributed by atoms with Gasteiger partial charge in [0.15, 0.2) is 0 Å². The molecule has 8 atom stereocenters. The summed E-state index contributed by atoms with van der Waals surface area (Å²) in [5.41, 5.74) is 1.71. The summed E-state index contributed by atoms with van der Waals surface area (Å²) in [6.45, 7) is 11.7. The number of ether oxygens (including phenoxy) is 1. The lowest BCUT2D eigenvalue weighted by atomic mass is 9.73. The predicted octanol–water partition coefficient (Wildman–Crippen LogP) is 3.82. The summed E-state index contributed by atoms with van der Waals surface area (Å²) in [5, 5.41) is 6.42. The number of piperidine rings is 1. The van der Waals surface area contributed by atoms with Gasteiger partial charge >= 0.3 is 0 Å². The Hall–Kier alpha value is -2.71. The molecular formula is C33H46N4O4. The highest BCUT2D eigenvalue weighted by Gasteiger charge is 2.72. The van der Waals surface area contributed by atoms with E-state index in [-0.39, 0.29) is 23.8 Å². The minimum atomic E-state index is -1.12. The van der Waals surface area contributed by atoms with Crippen LogP contribution in [0.4, 0.5) is 5.69 Å². The van der Waals surface area contributed by atoms with Crippen molar-refractivity contribution in [2.45, 2.75) is 90.0 Å². The SMILES string of the molecule is Cc1cc(C)cc(NC(=O)C2[C@@H]3C=CC4(O3)C(C(=O)NC3CCCC(C)C3C)N(CCN3CCCCC3)C(=O)[C@H]24)c1. The number of fused-ring (bicyclic) bond motifs is 1. The first-order valence-electron chi connectivity index (χ1n) is 15.8. The molecule has 1 aromatic rings. The van der Waals surface area contributed by atoms with E-state index >= 15 is 0 Å². The first-order valence-corrected chi connectivity index (χ1v) is 15.8. The van der Waals surface area contributed by atoms with Gasteiger partial charge in [0.05, 0.1) is 17.9 Å². The molecule has 1 aromatic carbocycles. The number of rotatable bonds is 7. The van der Waals surface area contributed by atoms with Gasteiger partial charge in [0.2, 0.25) is 17.7 Å². The second-order valence-corrected chi connectivity index (χ2v) is 13.4. The van der Waals surface area contributed by atoms with E-state index in [2.05, 4.69) is 35.4 Å². The Balaban J connectivity index is 1.28. The van der Waals surface area contributed by atoms with Crippen molar-refractivity contribution >= 4 is 23.4 Å². The molecule has 4 fully saturated rings. The second kappa shape index (κ2) is 11.2. The minimum Gasteiger partial charge on any atom is -0.359 e. The lowest BCUT2D eigenvalue weighted by molar-refractivity contribution is -0.142. The monoisotopic (exact) mass is 562 g/mol. The van der Waals surface area contributed by atoms with Crippen molar-refractivity contribution < 1.29 is 19.1 Å². The van der Waals surface area contributed by atoms with E-state index in [1.54, 1.807) is 4.90 Å². The van der Waals surface area contributed by atoms with Gasteiger partial charge in [-0.15, -0.1) is 0 Å². The molecule has 1 spiro atoms. The summed E-state index contributed by atoms with van der Waals surface area (Å²) in [4.78, 5) is 46.4. The van der Waals surface area contributed by atoms with Gasteiger partial charge in [0.25, 0.3) is 0 Å². The van der Waals surface area contributed by atoms with E-state index in [9.17, 15) is 14.4 Å². The molecule has 6 rings (SSSR count). The number of hydrogen-bond acceptors (Lipinski definition) is 5. The van der Waals surface area contributed by atoms with Crippen molar-refractivity contribution in [3.8, 4) is 0 Å². The number of amides is 3. The molecule has 41 heavy (non-hydrogen) atoms. The van der Waals surface area contributed by atoms with Gasteiger partial charge in [-0.25, -0.2) is 0 Å². The zero-order chi connectivity index (χ0) is 28.9. The number of aryl methyl sites for hydroxylation is 2. The summed E-state index contributed by atoms with van der Waals surface area (Å²) >= 11 is 0. The molecule has 6 unspecified atom stereocenters. The van der Waals surface area contributed by atoms with Gasteiger partial charge in [0, 0.05) is 24.8 Å². The molecule has 222 valence electrons. The van der Waals surface area contributed by atoms with Crippen molar-refractivity contribution in [2.24, 2.45) is 23.7 Å². The molecule has 0 aromatic heterocycles. The third-order valence-electron chi connectivity index (χ3n) is 10.6. The van der Waals surface area contributed by atoms with E-state index in [1.807, 2.05) is 38.1 Å². The van der Waals surface area contributed by atoms with Crippen LogP contribution in [0.15, 0.2) is 30.4 Å². The number of nitrogens with one attached hydrogen (secondary N) is 2. The van der Waals surface area contributed by atoms with Gasteiger partial charge in [-0.05, 0) is 81.3 Å². The molecule has 1 aliphatic carbocycles. The molecule has 2 N–H and O–H groups in total. The van der Waals surface area contributed by atoms with Crippen LogP contribution in [-0.2, 0) is 19.1 Å². The van der Waals surface area contributed by atoms with Gasteiger partial charge in [0.1, 0.15) is 11.6 Å². The molecule has 3 saturated heterocycles. The largest absolute Gasteiger partial charge is 0.359 e. The maximum Gasteiger partial charge on any atom is 0.246 e. The highest BCUT2D eigenvalue weighted by Crippen LogP contribution is 2.55. The normalized spacial score (nSPS) is 36.4. The summed E-state index contributed by atoms with van der Waals surface area (Å²) < 4.78 is 6.56. The van der Waals surface area contributed by atoms with E-state index in [0.29, 0.717) is 18.4 Å². The Morgan fingerprint density at radius 3 is 2.44 bits per heavy atom. The molecule has 8 heteroatoms. The van der Waals surface area contributed by atoms with Crippen LogP contribution in [0.25, 0.3) is 0 Å². The summed E-state index contributed by atoms with van der Waals surface area (Å²) in [5.74, 6) is -1.01. The van der Waals surface area contributed by atoms with Crippen LogP contribution in [-0.4, -0.2) is 77.5 Å². The number of nitrogens with zero attached hydrogens (tertiary/aromatic N) is 2. The van der Waals surface area contributed by atoms with Crippen molar-refractivity contribution in [3.05, 3.63) is 41.5 Å². The van der Waals surface area contributed by atoms with Crippen molar-refractivity contribution in [2.75, 3.05) is 31.5 Å². The maximum absolute atomic E-state index is 14.3. The Kier molecular flexibility index (Phi) is 7.74. The lowest BCUT2D eigenvalue weighted by Gasteiger charge is -2.38. The molecule has 1 saturated carbocycles. The molecule has 4 aliphatic heterocycles. The first-order chi connectivity index (χ1) is 19.7. The number of likely N-dealkylation sites (tertiary alicyclic amines) is 2. The van der Waals surface area contributed by atoms with Gasteiger partial charge in [-0.1, -0.05) is 51.3 Å². The highest BCUT2D eigenvalue weighted by atomic mass is 16.5. The highest BCUT2D eigenvalue weighted by molar-refractivity contribution is 6.02. The average Bonchev–Trinajstić information content (AvgIpc) is 3.57. The maximum atomic E-state index is 14.3. The second-order valence-electron chi connectivity index (χ2n) is 13.4. The third kappa shape index (κ3) is 5.11. The number of anilines is 1. The van der Waals surface area contributed by atoms with Crippen LogP contribution in [0.1, 0.15) is 63.5 Å². The van der Waals surface area contributed by atoms with Crippen LogP contribution in [0.3, 0.4) is 0 Å². The predicted molar refractivity (Wildman–Crippen MR) is 158 cm³/mol. The smallest absolute Gasteiger partial charge is 0.246 e. The summed E-state index contributed by atoms with van der Waals surface area (Å²) in [7, 11) is 0. The number of carbonyl (C=O) groups is 3. The van der Waals surface area contributed by atoms with Crippen molar-refractivity contribution in [1.82, 2.24) is 15.1 Å². The van der Waals surface area contributed by atoms with Gasteiger partial charge < -0.3 is 25.2 Å². The molecule has 0 radical (unpaired) electrons. The fourth-order valence-corrected chi connectivity index (χ4v) is 8.26. The van der Waals surface area contributed by atoms with Gasteiger partial charge in [-0.2, -0.15) is 0 Å². The standard InChI is InChI=1S/C33H46N4O4/c1-20-17-21(2)19-24(18-20)34-30(38)27-26-11-12-33(41-26)28(27)32(40)37(16-15-36-13-6-5-7-14-36)29(33)31(39)35-25-10-8-9-22(3)23(25)4/h11-12,17-19,22-23,25-29H,5-10,13-16H2,1-4H3,(H,34,38)(H,35,39)/t22?,23?,25?,26-,27?,28-,29?,33?/m0/s1. The van der Waals surface area contributed by atoms with Crippen molar-refractivity contribution in [1.29, 1.82) is 0 Å². The fourth-order valence-electron chi connectivity index (χ4n) is 8.26. The van der Waals surface area contributed by atoms with Crippen molar-refractivity contribution in [3.63, 3.8) is 0 Å². The molecule has 8 nitrogen and oxygen atoms in total. The lowest BCUT2D eigenvalue weighted by Crippen LogP contribution is -2.58. The Labute approximate surface area is 244 Å². The number of benzene rings is 1. The zero-order valence-electron chi connectivity index (χ0n) is 25.0. The third-order valence-corrected chi connectivity index (χ3v) is 10.6. The van der Waals surface area contributed by atoms with Crippen LogP contribution >= 0.6 is 0 Å². The first kappa shape index (κ1) is 28.4. The molecule has 4 heterocycles. The Morgan fingerprint density at radius 1 is 0.976 bits per heavy atom.